The van der Waals surface area contributed by atoms with Crippen LogP contribution in [0.15, 0.2) is 72.8 Å². The first-order chi connectivity index (χ1) is 19.3. The van der Waals surface area contributed by atoms with E-state index in [2.05, 4.69) is 5.32 Å². The van der Waals surface area contributed by atoms with E-state index < -0.39 is 12.1 Å². The van der Waals surface area contributed by atoms with Gasteiger partial charge in [0.1, 0.15) is 24.0 Å². The molecule has 0 aliphatic rings. The number of nitrogens with one attached hydrogen (secondary N) is 1. The fraction of sp³-hybridized carbons (Fsp3) is 0.333. The quantitative estimate of drug-likeness (QED) is 0.246. The predicted molar refractivity (Wildman–Crippen MR) is 145 cm³/mol. The van der Waals surface area contributed by atoms with Crippen molar-refractivity contribution >= 4 is 12.0 Å². The average molecular weight is 557 g/mol. The van der Waals surface area contributed by atoms with Gasteiger partial charge < -0.3 is 29.5 Å². The van der Waals surface area contributed by atoms with Gasteiger partial charge in [-0.05, 0) is 60.0 Å². The van der Waals surface area contributed by atoms with Gasteiger partial charge in [-0.3, -0.25) is 0 Å². The Morgan fingerprint density at radius 1 is 0.850 bits per heavy atom. The van der Waals surface area contributed by atoms with Gasteiger partial charge in [-0.25, -0.2) is 18.4 Å². The number of hydrogen-bond donors (Lipinski definition) is 2. The third-order valence-corrected chi connectivity index (χ3v) is 5.95. The van der Waals surface area contributed by atoms with Crippen LogP contribution in [0.5, 0.6) is 5.75 Å². The smallest absolute Gasteiger partial charge is 0.333 e. The number of ether oxygens (including phenoxy) is 3. The number of amides is 2. The SMILES string of the molecule is CCOC(Cc1ccc(OCCN(CCOCc2ccc(F)cc2)C(=O)NCc2ccc(F)cc2)cc1)C(=O)O. The van der Waals surface area contributed by atoms with Crippen LogP contribution in [0, 0.1) is 11.6 Å². The highest BCUT2D eigenvalue weighted by molar-refractivity contribution is 5.74. The van der Waals surface area contributed by atoms with Crippen LogP contribution >= 0.6 is 0 Å². The van der Waals surface area contributed by atoms with E-state index in [4.69, 9.17) is 14.2 Å². The molecule has 0 fully saturated rings. The van der Waals surface area contributed by atoms with E-state index in [-0.39, 0.29) is 63.5 Å². The fourth-order valence-corrected chi connectivity index (χ4v) is 3.78. The first kappa shape index (κ1) is 30.5. The Kier molecular flexibility index (Phi) is 12.3. The summed E-state index contributed by atoms with van der Waals surface area (Å²) < 4.78 is 43.0. The van der Waals surface area contributed by atoms with Crippen LogP contribution in [0.1, 0.15) is 23.6 Å². The van der Waals surface area contributed by atoms with Crippen molar-refractivity contribution in [3.05, 3.63) is 101 Å². The second-order valence-electron chi connectivity index (χ2n) is 8.93. The Morgan fingerprint density at radius 3 is 2.02 bits per heavy atom. The summed E-state index contributed by atoms with van der Waals surface area (Å²) in [5.74, 6) is -1.11. The molecule has 2 amide bonds. The molecule has 0 saturated carbocycles. The van der Waals surface area contributed by atoms with Gasteiger partial charge in [-0.15, -0.1) is 0 Å². The molecule has 3 aromatic carbocycles. The number of carbonyl (C=O) groups is 2. The van der Waals surface area contributed by atoms with Crippen molar-refractivity contribution in [2.24, 2.45) is 0 Å². The molecule has 2 N–H and O–H groups in total. The van der Waals surface area contributed by atoms with Gasteiger partial charge in [-0.2, -0.15) is 0 Å². The lowest BCUT2D eigenvalue weighted by atomic mass is 10.1. The van der Waals surface area contributed by atoms with Gasteiger partial charge in [0.05, 0.1) is 19.8 Å². The third kappa shape index (κ3) is 10.6. The van der Waals surface area contributed by atoms with Crippen molar-refractivity contribution in [3.8, 4) is 5.75 Å². The van der Waals surface area contributed by atoms with Crippen molar-refractivity contribution in [1.29, 1.82) is 0 Å². The highest BCUT2D eigenvalue weighted by Crippen LogP contribution is 2.15. The molecule has 8 nitrogen and oxygen atoms in total. The number of aliphatic carboxylic acids is 1. The molecule has 40 heavy (non-hydrogen) atoms. The first-order valence-electron chi connectivity index (χ1n) is 13.0. The monoisotopic (exact) mass is 556 g/mol. The maximum atomic E-state index is 13.2. The van der Waals surface area contributed by atoms with Gasteiger partial charge in [-0.1, -0.05) is 36.4 Å². The van der Waals surface area contributed by atoms with E-state index in [9.17, 15) is 23.5 Å². The summed E-state index contributed by atoms with van der Waals surface area (Å²) in [6.07, 6.45) is -0.673. The topological polar surface area (TPSA) is 97.3 Å². The second kappa shape index (κ2) is 16.2. The van der Waals surface area contributed by atoms with E-state index in [1.165, 1.54) is 24.3 Å². The molecular weight excluding hydrogens is 522 g/mol. The van der Waals surface area contributed by atoms with Crippen molar-refractivity contribution in [2.45, 2.75) is 32.6 Å². The van der Waals surface area contributed by atoms with E-state index >= 15 is 0 Å². The lowest BCUT2D eigenvalue weighted by Crippen LogP contribution is -2.43. The minimum absolute atomic E-state index is 0.206. The van der Waals surface area contributed by atoms with E-state index in [1.54, 1.807) is 60.4 Å². The van der Waals surface area contributed by atoms with Gasteiger partial charge in [0, 0.05) is 26.1 Å². The van der Waals surface area contributed by atoms with E-state index in [0.29, 0.717) is 12.4 Å². The molecule has 0 radical (unpaired) electrons. The lowest BCUT2D eigenvalue weighted by molar-refractivity contribution is -0.149. The van der Waals surface area contributed by atoms with Gasteiger partial charge >= 0.3 is 12.0 Å². The molecule has 1 atom stereocenters. The molecule has 10 heteroatoms. The molecule has 0 saturated heterocycles. The Morgan fingerprint density at radius 2 is 1.43 bits per heavy atom. The Hall–Kier alpha value is -4.02. The molecule has 0 spiro atoms. The summed E-state index contributed by atoms with van der Waals surface area (Å²) in [6, 6.07) is 18.6. The molecule has 0 aromatic heterocycles. The zero-order valence-corrected chi connectivity index (χ0v) is 22.4. The summed E-state index contributed by atoms with van der Waals surface area (Å²) in [7, 11) is 0. The van der Waals surface area contributed by atoms with Crippen molar-refractivity contribution in [2.75, 3.05) is 32.9 Å². The molecule has 0 aliphatic carbocycles. The Balaban J connectivity index is 1.51. The van der Waals surface area contributed by atoms with E-state index in [1.807, 2.05) is 0 Å². The standard InChI is InChI=1S/C30H34F2N2O6/c1-2-39-28(29(35)36)19-22-7-13-27(14-8-22)40-18-16-34(15-17-38-21-24-5-11-26(32)12-6-24)30(37)33-20-23-3-9-25(31)10-4-23/h3-14,28H,2,15-21H2,1H3,(H,33,37)(H,35,36). The van der Waals surface area contributed by atoms with Gasteiger partial charge in [0.2, 0.25) is 0 Å². The molecule has 0 aliphatic heterocycles. The van der Waals surface area contributed by atoms with Gasteiger partial charge in [0.25, 0.3) is 0 Å². The molecule has 3 aromatic rings. The summed E-state index contributed by atoms with van der Waals surface area (Å²) in [5.41, 5.74) is 2.37. The van der Waals surface area contributed by atoms with Crippen molar-refractivity contribution in [3.63, 3.8) is 0 Å². The molecule has 214 valence electrons. The summed E-state index contributed by atoms with van der Waals surface area (Å²) in [6.45, 7) is 3.57. The number of benzene rings is 3. The average Bonchev–Trinajstić information content (AvgIpc) is 2.95. The van der Waals surface area contributed by atoms with Crippen molar-refractivity contribution in [1.82, 2.24) is 10.2 Å². The van der Waals surface area contributed by atoms with E-state index in [0.717, 1.165) is 16.7 Å². The largest absolute Gasteiger partial charge is 0.492 e. The highest BCUT2D eigenvalue weighted by Gasteiger charge is 2.18. The predicted octanol–water partition coefficient (Wildman–Crippen LogP) is 4.80. The first-order valence-corrected chi connectivity index (χ1v) is 13.0. The number of rotatable bonds is 16. The van der Waals surface area contributed by atoms with Crippen LogP contribution in [-0.2, 0) is 33.8 Å². The number of carbonyl (C=O) groups excluding carboxylic acids is 1. The third-order valence-electron chi connectivity index (χ3n) is 5.95. The number of carboxylic acids is 1. The maximum Gasteiger partial charge on any atom is 0.333 e. The van der Waals surface area contributed by atoms with Crippen LogP contribution in [0.25, 0.3) is 0 Å². The number of carboxylic acid groups (broad SMARTS) is 1. The minimum atomic E-state index is -1.01. The summed E-state index contributed by atoms with van der Waals surface area (Å²) >= 11 is 0. The summed E-state index contributed by atoms with van der Waals surface area (Å²) in [4.78, 5) is 25.8. The lowest BCUT2D eigenvalue weighted by Gasteiger charge is -2.23. The summed E-state index contributed by atoms with van der Waals surface area (Å²) in [5, 5.41) is 12.1. The molecule has 0 heterocycles. The van der Waals surface area contributed by atoms with Crippen molar-refractivity contribution < 1.29 is 37.7 Å². The maximum absolute atomic E-state index is 13.2. The number of halogens is 2. The zero-order valence-electron chi connectivity index (χ0n) is 22.4. The Bertz CT molecular complexity index is 1190. The molecule has 0 bridgehead atoms. The van der Waals surface area contributed by atoms with Gasteiger partial charge in [0.15, 0.2) is 6.10 Å². The number of hydrogen-bond acceptors (Lipinski definition) is 5. The van der Waals surface area contributed by atoms with Crippen LogP contribution in [0.3, 0.4) is 0 Å². The fourth-order valence-electron chi connectivity index (χ4n) is 3.78. The molecule has 3 rings (SSSR count). The second-order valence-corrected chi connectivity index (χ2v) is 8.93. The minimum Gasteiger partial charge on any atom is -0.492 e. The van der Waals surface area contributed by atoms with Crippen LogP contribution < -0.4 is 10.1 Å². The Labute approximate surface area is 232 Å². The molecular formula is C30H34F2N2O6. The molecule has 1 unspecified atom stereocenters. The number of nitrogens with zero attached hydrogens (tertiary/aromatic N) is 1. The highest BCUT2D eigenvalue weighted by atomic mass is 19.1. The number of urea groups is 1. The normalized spacial score (nSPS) is 11.6. The van der Waals surface area contributed by atoms with Crippen LogP contribution in [-0.4, -0.2) is 61.0 Å². The van der Waals surface area contributed by atoms with Crippen LogP contribution in [0.2, 0.25) is 0 Å². The van der Waals surface area contributed by atoms with Crippen LogP contribution in [0.4, 0.5) is 13.6 Å². The zero-order chi connectivity index (χ0) is 28.7.